The molecule has 5 aromatic heterocycles. The van der Waals surface area contributed by atoms with E-state index < -0.39 is 0 Å². The van der Waals surface area contributed by atoms with Gasteiger partial charge in [0.2, 0.25) is 0 Å². The summed E-state index contributed by atoms with van der Waals surface area (Å²) in [5, 5.41) is 8.76. The highest BCUT2D eigenvalue weighted by Crippen LogP contribution is 2.33. The van der Waals surface area contributed by atoms with Gasteiger partial charge in [-0.05, 0) is 37.4 Å². The molecule has 1 saturated heterocycles. The lowest BCUT2D eigenvalue weighted by Gasteiger charge is -2.33. The Morgan fingerprint density at radius 2 is 1.88 bits per heavy atom. The lowest BCUT2D eigenvalue weighted by Crippen LogP contribution is -2.44. The van der Waals surface area contributed by atoms with E-state index in [9.17, 15) is 0 Å². The molecule has 0 amide bonds. The minimum absolute atomic E-state index is 0.608. The van der Waals surface area contributed by atoms with Crippen molar-refractivity contribution in [1.82, 2.24) is 35.0 Å². The van der Waals surface area contributed by atoms with Crippen molar-refractivity contribution in [3.8, 4) is 22.6 Å². The number of anilines is 2. The average Bonchev–Trinajstić information content (AvgIpc) is 3.43. The molecule has 160 valence electrons. The second-order valence-corrected chi connectivity index (χ2v) is 8.24. The van der Waals surface area contributed by atoms with Crippen molar-refractivity contribution in [2.45, 2.75) is 0 Å². The van der Waals surface area contributed by atoms with Crippen LogP contribution in [0.4, 0.5) is 11.5 Å². The van der Waals surface area contributed by atoms with E-state index in [1.54, 1.807) is 12.4 Å². The maximum absolute atomic E-state index is 5.91. The number of nitrogens with two attached hydrogens (primary N) is 1. The van der Waals surface area contributed by atoms with Gasteiger partial charge in [-0.25, -0.2) is 9.97 Å². The van der Waals surface area contributed by atoms with Crippen molar-refractivity contribution in [2.75, 3.05) is 43.9 Å². The fourth-order valence-electron chi connectivity index (χ4n) is 4.28. The molecule has 6 heterocycles. The summed E-state index contributed by atoms with van der Waals surface area (Å²) in [6.07, 6.45) is 5.26. The van der Waals surface area contributed by atoms with Crippen LogP contribution >= 0.6 is 0 Å². The normalized spacial score (nSPS) is 15.1. The zero-order chi connectivity index (χ0) is 21.7. The fourth-order valence-corrected chi connectivity index (χ4v) is 4.28. The summed E-state index contributed by atoms with van der Waals surface area (Å²) < 4.78 is 0. The van der Waals surface area contributed by atoms with E-state index in [1.807, 2.05) is 30.5 Å². The second-order valence-electron chi connectivity index (χ2n) is 8.24. The number of pyridine rings is 3. The van der Waals surface area contributed by atoms with Crippen LogP contribution in [-0.2, 0) is 0 Å². The molecule has 9 heteroatoms. The third-order valence-corrected chi connectivity index (χ3v) is 6.05. The molecular weight excluding hydrogens is 402 g/mol. The van der Waals surface area contributed by atoms with Gasteiger partial charge in [-0.2, -0.15) is 5.10 Å². The number of fused-ring (bicyclic) bond motifs is 2. The van der Waals surface area contributed by atoms with E-state index >= 15 is 0 Å². The van der Waals surface area contributed by atoms with Gasteiger partial charge in [-0.15, -0.1) is 0 Å². The number of piperazine rings is 1. The summed E-state index contributed by atoms with van der Waals surface area (Å²) in [4.78, 5) is 22.0. The van der Waals surface area contributed by atoms with E-state index in [0.29, 0.717) is 5.69 Å². The maximum Gasteiger partial charge on any atom is 0.138 e. The summed E-state index contributed by atoms with van der Waals surface area (Å²) >= 11 is 0. The van der Waals surface area contributed by atoms with Crippen LogP contribution in [-0.4, -0.2) is 68.3 Å². The number of aromatic nitrogens is 6. The van der Waals surface area contributed by atoms with Gasteiger partial charge >= 0.3 is 0 Å². The third kappa shape index (κ3) is 3.14. The molecule has 1 fully saturated rings. The zero-order valence-corrected chi connectivity index (χ0v) is 17.7. The monoisotopic (exact) mass is 425 g/mol. The number of nitrogen functional groups attached to an aromatic ring is 1. The minimum Gasteiger partial charge on any atom is -0.397 e. The molecule has 0 bridgehead atoms. The molecule has 4 N–H and O–H groups in total. The van der Waals surface area contributed by atoms with Crippen LogP contribution < -0.4 is 10.6 Å². The molecule has 5 aromatic rings. The number of hydrogen-bond donors (Lipinski definition) is 3. The fraction of sp³-hybridized carbons (Fsp3) is 0.217. The molecule has 1 aliphatic rings. The van der Waals surface area contributed by atoms with Crippen LogP contribution in [0.3, 0.4) is 0 Å². The summed E-state index contributed by atoms with van der Waals surface area (Å²) in [5.41, 5.74) is 12.6. The van der Waals surface area contributed by atoms with Crippen LogP contribution in [0.2, 0.25) is 0 Å². The van der Waals surface area contributed by atoms with Crippen molar-refractivity contribution in [3.05, 3.63) is 48.9 Å². The van der Waals surface area contributed by atoms with Crippen molar-refractivity contribution in [3.63, 3.8) is 0 Å². The first kappa shape index (κ1) is 18.8. The van der Waals surface area contributed by atoms with Gasteiger partial charge in [0.15, 0.2) is 0 Å². The molecule has 9 nitrogen and oxygen atoms in total. The lowest BCUT2D eigenvalue weighted by atomic mass is 10.1. The Hall–Kier alpha value is -3.98. The molecule has 1 aliphatic heterocycles. The Morgan fingerprint density at radius 3 is 2.72 bits per heavy atom. The molecule has 0 atom stereocenters. The Kier molecular flexibility index (Phi) is 4.29. The molecule has 32 heavy (non-hydrogen) atoms. The first-order valence-electron chi connectivity index (χ1n) is 10.6. The number of nitrogens with one attached hydrogen (secondary N) is 2. The number of aromatic amines is 2. The number of likely N-dealkylation sites (N-methyl/N-ethyl adjacent to an activating group) is 1. The molecule has 6 rings (SSSR count). The third-order valence-electron chi connectivity index (χ3n) is 6.05. The van der Waals surface area contributed by atoms with Crippen molar-refractivity contribution in [2.24, 2.45) is 0 Å². The van der Waals surface area contributed by atoms with Gasteiger partial charge in [-0.3, -0.25) is 10.1 Å². The molecular formula is C23H23N9. The predicted molar refractivity (Wildman–Crippen MR) is 126 cm³/mol. The molecule has 0 aliphatic carbocycles. The van der Waals surface area contributed by atoms with E-state index in [-0.39, 0.29) is 0 Å². The number of hydrogen-bond acceptors (Lipinski definition) is 7. The maximum atomic E-state index is 5.91. The highest BCUT2D eigenvalue weighted by Gasteiger charge is 2.20. The summed E-state index contributed by atoms with van der Waals surface area (Å²) in [6, 6.07) is 9.93. The van der Waals surface area contributed by atoms with Gasteiger partial charge < -0.3 is 20.5 Å². The van der Waals surface area contributed by atoms with Gasteiger partial charge in [0.1, 0.15) is 17.0 Å². The average molecular weight is 426 g/mol. The van der Waals surface area contributed by atoms with Crippen molar-refractivity contribution in [1.29, 1.82) is 0 Å². The summed E-state index contributed by atoms with van der Waals surface area (Å²) in [5.74, 6) is 1.01. The Balaban J connectivity index is 1.44. The van der Waals surface area contributed by atoms with Crippen LogP contribution in [0.1, 0.15) is 0 Å². The molecule has 0 spiro atoms. The first-order valence-corrected chi connectivity index (χ1v) is 10.6. The Labute approximate surface area is 184 Å². The van der Waals surface area contributed by atoms with Crippen LogP contribution in [0.5, 0.6) is 0 Å². The first-order chi connectivity index (χ1) is 15.7. The summed E-state index contributed by atoms with van der Waals surface area (Å²) in [7, 11) is 2.16. The van der Waals surface area contributed by atoms with E-state index in [2.05, 4.69) is 43.1 Å². The number of rotatable bonds is 3. The van der Waals surface area contributed by atoms with E-state index in [1.165, 1.54) is 0 Å². The largest absolute Gasteiger partial charge is 0.397 e. The second kappa shape index (κ2) is 7.31. The minimum atomic E-state index is 0.608. The van der Waals surface area contributed by atoms with Crippen LogP contribution in [0.15, 0.2) is 48.9 Å². The summed E-state index contributed by atoms with van der Waals surface area (Å²) in [6.45, 7) is 4.00. The van der Waals surface area contributed by atoms with Gasteiger partial charge in [0.05, 0.1) is 28.1 Å². The standard InChI is InChI=1S/C23H23N9/c1-31-6-8-32(9-7-31)23-16-11-20(27-18(16)4-5-26-23)22-21-19(29-30-22)3-2-17(28-21)14-10-15(24)13-25-12-14/h2-5,10-13,27H,6-9,24H2,1H3,(H,29,30). The predicted octanol–water partition coefficient (Wildman–Crippen LogP) is 2.90. The number of H-pyrrole nitrogens is 2. The van der Waals surface area contributed by atoms with Gasteiger partial charge in [-0.1, -0.05) is 0 Å². The topological polar surface area (TPSA) is 116 Å². The van der Waals surface area contributed by atoms with Crippen LogP contribution in [0, 0.1) is 0 Å². The zero-order valence-electron chi connectivity index (χ0n) is 17.7. The SMILES string of the molecule is CN1CCN(c2nccc3[nH]c(-c4n[nH]c5ccc(-c6cncc(N)c6)nc45)cc23)CC1. The molecule has 0 saturated carbocycles. The van der Waals surface area contributed by atoms with Gasteiger partial charge in [0, 0.05) is 55.7 Å². The van der Waals surface area contributed by atoms with Crippen molar-refractivity contribution >= 4 is 33.4 Å². The smallest absolute Gasteiger partial charge is 0.138 e. The van der Waals surface area contributed by atoms with E-state index in [0.717, 1.165) is 76.6 Å². The van der Waals surface area contributed by atoms with Gasteiger partial charge in [0.25, 0.3) is 0 Å². The lowest BCUT2D eigenvalue weighted by molar-refractivity contribution is 0.312. The molecule has 0 radical (unpaired) electrons. The van der Waals surface area contributed by atoms with Crippen LogP contribution in [0.25, 0.3) is 44.6 Å². The highest BCUT2D eigenvalue weighted by atomic mass is 15.3. The Morgan fingerprint density at radius 1 is 1.00 bits per heavy atom. The number of nitrogens with zero attached hydrogens (tertiary/aromatic N) is 6. The Bertz CT molecular complexity index is 1430. The quantitative estimate of drug-likeness (QED) is 0.407. The highest BCUT2D eigenvalue weighted by molar-refractivity contribution is 5.98. The van der Waals surface area contributed by atoms with E-state index in [4.69, 9.17) is 15.7 Å². The molecule has 0 aromatic carbocycles. The van der Waals surface area contributed by atoms with Crippen molar-refractivity contribution < 1.29 is 0 Å². The molecule has 0 unspecified atom stereocenters.